The highest BCUT2D eigenvalue weighted by Gasteiger charge is 2.25. The number of esters is 1. The van der Waals surface area contributed by atoms with Gasteiger partial charge in [-0.2, -0.15) is 0 Å². The monoisotopic (exact) mass is 446 g/mol. The van der Waals surface area contributed by atoms with Gasteiger partial charge in [0.05, 0.1) is 7.11 Å². The minimum atomic E-state index is -0.664. The van der Waals surface area contributed by atoms with E-state index in [-0.39, 0.29) is 29.9 Å². The summed E-state index contributed by atoms with van der Waals surface area (Å²) in [6, 6.07) is 8.23. The Morgan fingerprint density at radius 2 is 1.90 bits per heavy atom. The number of aromatic nitrogens is 1. The molecular formula is C21H23ClN4O5. The number of nitrogens with zero attached hydrogens (tertiary/aromatic N) is 2. The number of halogens is 1. The van der Waals surface area contributed by atoms with Crippen LogP contribution in [0.4, 0.5) is 10.5 Å². The molecule has 9 nitrogen and oxygen atoms in total. The Morgan fingerprint density at radius 1 is 1.23 bits per heavy atom. The van der Waals surface area contributed by atoms with Gasteiger partial charge in [-0.05, 0) is 54.7 Å². The number of ether oxygens (including phenoxy) is 1. The second-order valence-corrected chi connectivity index (χ2v) is 7.53. The van der Waals surface area contributed by atoms with Crippen molar-refractivity contribution in [1.82, 2.24) is 15.2 Å². The van der Waals surface area contributed by atoms with Crippen molar-refractivity contribution in [2.45, 2.75) is 18.8 Å². The molecule has 10 heteroatoms. The van der Waals surface area contributed by atoms with Crippen molar-refractivity contribution in [1.29, 1.82) is 0 Å². The zero-order valence-electron chi connectivity index (χ0n) is 16.9. The highest BCUT2D eigenvalue weighted by Crippen LogP contribution is 2.30. The van der Waals surface area contributed by atoms with Crippen molar-refractivity contribution in [3.05, 3.63) is 52.8 Å². The molecule has 31 heavy (non-hydrogen) atoms. The number of benzene rings is 1. The number of pyridine rings is 1. The molecule has 164 valence electrons. The van der Waals surface area contributed by atoms with Crippen LogP contribution in [0.15, 0.2) is 36.5 Å². The maximum absolute atomic E-state index is 12.5. The summed E-state index contributed by atoms with van der Waals surface area (Å²) in [4.78, 5) is 41.4. The molecular weight excluding hydrogens is 424 g/mol. The second kappa shape index (κ2) is 10.1. The van der Waals surface area contributed by atoms with Crippen LogP contribution < -0.4 is 10.6 Å². The van der Waals surface area contributed by atoms with Crippen LogP contribution in [0.1, 0.15) is 34.8 Å². The molecule has 1 fully saturated rings. The lowest BCUT2D eigenvalue weighted by atomic mass is 9.90. The van der Waals surface area contributed by atoms with E-state index in [2.05, 4.69) is 20.4 Å². The highest BCUT2D eigenvalue weighted by atomic mass is 35.5. The molecule has 0 bridgehead atoms. The Hall–Kier alpha value is -3.33. The lowest BCUT2D eigenvalue weighted by Gasteiger charge is -2.32. The van der Waals surface area contributed by atoms with Gasteiger partial charge >= 0.3 is 12.0 Å². The van der Waals surface area contributed by atoms with Crippen molar-refractivity contribution in [2.24, 2.45) is 0 Å². The molecule has 1 aliphatic heterocycles. The van der Waals surface area contributed by atoms with E-state index in [1.807, 2.05) is 0 Å². The fourth-order valence-corrected chi connectivity index (χ4v) is 3.45. The molecule has 3 rings (SSSR count). The minimum Gasteiger partial charge on any atom is -0.505 e. The topological polar surface area (TPSA) is 121 Å². The minimum absolute atomic E-state index is 0.102. The quantitative estimate of drug-likeness (QED) is 0.607. The molecule has 0 radical (unpaired) electrons. The number of carbonyl (C=O) groups excluding carboxylic acids is 3. The number of methoxy groups -OCH3 is 1. The molecule has 1 saturated heterocycles. The molecule has 3 N–H and O–H groups in total. The summed E-state index contributed by atoms with van der Waals surface area (Å²) in [7, 11) is 1.21. The van der Waals surface area contributed by atoms with E-state index in [0.717, 1.165) is 5.56 Å². The first-order chi connectivity index (χ1) is 14.9. The first kappa shape index (κ1) is 22.4. The molecule has 0 spiro atoms. The fraction of sp³-hybridized carbons (Fsp3) is 0.333. The molecule has 1 aliphatic rings. The van der Waals surface area contributed by atoms with Gasteiger partial charge in [0.2, 0.25) is 0 Å². The Morgan fingerprint density at radius 3 is 2.52 bits per heavy atom. The van der Waals surface area contributed by atoms with Crippen LogP contribution in [0, 0.1) is 0 Å². The number of piperidine rings is 1. The lowest BCUT2D eigenvalue weighted by Crippen LogP contribution is -2.40. The van der Waals surface area contributed by atoms with E-state index in [1.54, 1.807) is 35.4 Å². The predicted octanol–water partition coefficient (Wildman–Crippen LogP) is 2.75. The van der Waals surface area contributed by atoms with E-state index < -0.39 is 11.9 Å². The normalized spacial score (nSPS) is 14.1. The van der Waals surface area contributed by atoms with Crippen LogP contribution in [0.3, 0.4) is 0 Å². The van der Waals surface area contributed by atoms with Crippen LogP contribution in [0.2, 0.25) is 5.02 Å². The van der Waals surface area contributed by atoms with E-state index in [1.165, 1.54) is 13.2 Å². The third-order valence-electron chi connectivity index (χ3n) is 5.07. The van der Waals surface area contributed by atoms with Crippen LogP contribution in [0.5, 0.6) is 5.75 Å². The number of hydrogen-bond acceptors (Lipinski definition) is 6. The number of urea groups is 1. The number of anilines is 1. The van der Waals surface area contributed by atoms with Crippen LogP contribution in [0.25, 0.3) is 0 Å². The van der Waals surface area contributed by atoms with Gasteiger partial charge in [-0.1, -0.05) is 11.6 Å². The van der Waals surface area contributed by atoms with Crippen molar-refractivity contribution >= 4 is 35.2 Å². The molecule has 0 aliphatic carbocycles. The lowest BCUT2D eigenvalue weighted by molar-refractivity contribution is -0.139. The number of carbonyl (C=O) groups is 3. The number of aromatic hydroxyl groups is 1. The molecule has 1 aromatic heterocycles. The van der Waals surface area contributed by atoms with Gasteiger partial charge in [-0.15, -0.1) is 0 Å². The molecule has 1 aromatic carbocycles. The number of hydrogen-bond donors (Lipinski definition) is 3. The summed E-state index contributed by atoms with van der Waals surface area (Å²) >= 11 is 5.86. The average Bonchev–Trinajstić information content (AvgIpc) is 2.78. The van der Waals surface area contributed by atoms with Gasteiger partial charge in [0.15, 0.2) is 5.69 Å². The predicted molar refractivity (Wildman–Crippen MR) is 114 cm³/mol. The van der Waals surface area contributed by atoms with E-state index in [4.69, 9.17) is 11.6 Å². The third-order valence-corrected chi connectivity index (χ3v) is 5.33. The average molecular weight is 447 g/mol. The summed E-state index contributed by atoms with van der Waals surface area (Å²) in [5, 5.41) is 16.0. The molecule has 3 amide bonds. The summed E-state index contributed by atoms with van der Waals surface area (Å²) in [5.74, 6) is -1.42. The van der Waals surface area contributed by atoms with Crippen LogP contribution in [-0.4, -0.2) is 59.6 Å². The Labute approximate surface area is 184 Å². The van der Waals surface area contributed by atoms with Gasteiger partial charge in [-0.3, -0.25) is 9.59 Å². The molecule has 0 unspecified atom stereocenters. The standard InChI is InChI=1S/C21H23ClN4O5/c1-31-18(28)12-24-20(29)19-17(27)10-14(11-23-19)13-6-8-26(9-7-13)21(30)25-16-4-2-15(22)3-5-16/h2-5,10-11,13,27H,6-9,12H2,1H3,(H,24,29)(H,25,30). The fourth-order valence-electron chi connectivity index (χ4n) is 3.33. The van der Waals surface area contributed by atoms with Crippen LogP contribution >= 0.6 is 11.6 Å². The summed E-state index contributed by atoms with van der Waals surface area (Å²) in [6.07, 6.45) is 2.94. The number of likely N-dealkylation sites (tertiary alicyclic amines) is 1. The second-order valence-electron chi connectivity index (χ2n) is 7.09. The first-order valence-electron chi connectivity index (χ1n) is 9.72. The van der Waals surface area contributed by atoms with E-state index >= 15 is 0 Å². The highest BCUT2D eigenvalue weighted by molar-refractivity contribution is 6.30. The zero-order chi connectivity index (χ0) is 22.4. The molecule has 0 saturated carbocycles. The largest absolute Gasteiger partial charge is 0.505 e. The van der Waals surface area contributed by atoms with Crippen LogP contribution in [-0.2, 0) is 9.53 Å². The van der Waals surface area contributed by atoms with E-state index in [9.17, 15) is 19.5 Å². The Bertz CT molecular complexity index is 959. The van der Waals surface area contributed by atoms with E-state index in [0.29, 0.717) is 36.6 Å². The molecule has 0 atom stereocenters. The van der Waals surface area contributed by atoms with Gasteiger partial charge < -0.3 is 25.4 Å². The zero-order valence-corrected chi connectivity index (χ0v) is 17.7. The molecule has 2 heterocycles. The third kappa shape index (κ3) is 5.85. The molecule has 2 aromatic rings. The maximum atomic E-state index is 12.5. The van der Waals surface area contributed by atoms with Crippen molar-refractivity contribution in [2.75, 3.05) is 32.1 Å². The SMILES string of the molecule is COC(=O)CNC(=O)c1ncc(C2CCN(C(=O)Nc3ccc(Cl)cc3)CC2)cc1O. The number of rotatable bonds is 5. The Balaban J connectivity index is 1.54. The summed E-state index contributed by atoms with van der Waals surface area (Å²) in [5.41, 5.74) is 1.30. The number of amides is 3. The van der Waals surface area contributed by atoms with Crippen molar-refractivity contribution in [3.8, 4) is 5.75 Å². The summed E-state index contributed by atoms with van der Waals surface area (Å²) < 4.78 is 4.45. The van der Waals surface area contributed by atoms with Gasteiger partial charge in [-0.25, -0.2) is 9.78 Å². The van der Waals surface area contributed by atoms with Gasteiger partial charge in [0.25, 0.3) is 5.91 Å². The summed E-state index contributed by atoms with van der Waals surface area (Å²) in [6.45, 7) is 0.785. The Kier molecular flexibility index (Phi) is 7.30. The smallest absolute Gasteiger partial charge is 0.325 e. The van der Waals surface area contributed by atoms with Gasteiger partial charge in [0.1, 0.15) is 12.3 Å². The first-order valence-corrected chi connectivity index (χ1v) is 10.1. The maximum Gasteiger partial charge on any atom is 0.325 e. The van der Waals surface area contributed by atoms with Crippen molar-refractivity contribution in [3.63, 3.8) is 0 Å². The number of nitrogens with one attached hydrogen (secondary N) is 2. The van der Waals surface area contributed by atoms with Crippen molar-refractivity contribution < 1.29 is 24.2 Å². The van der Waals surface area contributed by atoms with Gasteiger partial charge in [0, 0.05) is 30.0 Å².